The van der Waals surface area contributed by atoms with E-state index in [1.165, 1.54) is 6.07 Å². The molecule has 0 saturated carbocycles. The van der Waals surface area contributed by atoms with E-state index in [4.69, 9.17) is 9.15 Å². The summed E-state index contributed by atoms with van der Waals surface area (Å²) in [7, 11) is 0. The highest BCUT2D eigenvalue weighted by atomic mass is 19.4. The van der Waals surface area contributed by atoms with Crippen LogP contribution >= 0.6 is 0 Å². The molecule has 8 nitrogen and oxygen atoms in total. The molecule has 1 saturated heterocycles. The maximum atomic E-state index is 14.2. The van der Waals surface area contributed by atoms with E-state index in [-0.39, 0.29) is 18.4 Å². The fraction of sp³-hybridized carbons (Fsp3) is 0.450. The van der Waals surface area contributed by atoms with E-state index in [9.17, 15) is 18.0 Å². The van der Waals surface area contributed by atoms with Gasteiger partial charge in [0, 0.05) is 19.2 Å². The lowest BCUT2D eigenvalue weighted by molar-refractivity contribution is -0.182. The number of oxazole rings is 1. The Hall–Kier alpha value is -3.08. The first-order valence-electron chi connectivity index (χ1n) is 9.90. The number of para-hydroxylation sites is 2. The van der Waals surface area contributed by atoms with Crippen LogP contribution in [0, 0.1) is 0 Å². The molecule has 2 aromatic heterocycles. The number of ether oxygens (including phenoxy) is 1. The summed E-state index contributed by atoms with van der Waals surface area (Å²) in [5.41, 5.74) is -1.83. The number of aromatic nitrogens is 3. The minimum absolute atomic E-state index is 0.0453. The van der Waals surface area contributed by atoms with Crippen LogP contribution in [-0.2, 0) is 17.8 Å². The Morgan fingerprint density at radius 3 is 2.61 bits per heavy atom. The lowest BCUT2D eigenvalue weighted by atomic mass is 10.0. The van der Waals surface area contributed by atoms with Crippen LogP contribution in [0.2, 0.25) is 0 Å². The van der Waals surface area contributed by atoms with Gasteiger partial charge in [-0.15, -0.1) is 0 Å². The first-order valence-corrected chi connectivity index (χ1v) is 9.90. The van der Waals surface area contributed by atoms with Gasteiger partial charge in [0.25, 0.3) is 5.56 Å². The Bertz CT molecular complexity index is 1150. The predicted molar refractivity (Wildman–Crippen MR) is 106 cm³/mol. The maximum absolute atomic E-state index is 14.2. The molecule has 0 bridgehead atoms. The number of rotatable bonds is 3. The van der Waals surface area contributed by atoms with Gasteiger partial charge in [0.15, 0.2) is 11.1 Å². The number of hydrogen-bond donors (Lipinski definition) is 0. The lowest BCUT2D eigenvalue weighted by Crippen LogP contribution is -2.55. The molecule has 31 heavy (non-hydrogen) atoms. The van der Waals surface area contributed by atoms with Crippen LogP contribution in [0.3, 0.4) is 0 Å². The summed E-state index contributed by atoms with van der Waals surface area (Å²) in [6.45, 7) is 2.19. The molecule has 2 aliphatic heterocycles. The number of hydrogen-bond acceptors (Lipinski definition) is 7. The number of morpholine rings is 1. The van der Waals surface area contributed by atoms with E-state index in [2.05, 4.69) is 9.97 Å². The van der Waals surface area contributed by atoms with E-state index in [1.807, 2.05) is 4.90 Å². The van der Waals surface area contributed by atoms with Crippen molar-refractivity contribution in [2.75, 3.05) is 36.1 Å². The van der Waals surface area contributed by atoms with Crippen molar-refractivity contribution in [2.45, 2.75) is 31.7 Å². The van der Waals surface area contributed by atoms with Crippen LogP contribution in [0.15, 0.2) is 39.5 Å². The highest BCUT2D eigenvalue weighted by Crippen LogP contribution is 2.44. The molecule has 2 aliphatic rings. The molecule has 1 atom stereocenters. The van der Waals surface area contributed by atoms with Crippen molar-refractivity contribution in [3.8, 4) is 0 Å². The summed E-state index contributed by atoms with van der Waals surface area (Å²) >= 11 is 0. The maximum Gasteiger partial charge on any atom is 0.413 e. The van der Waals surface area contributed by atoms with Crippen LogP contribution in [0.1, 0.15) is 12.8 Å². The standard InChI is InChI=1S/C20H20F3N5O3/c1-19(20(21,22)23)12-27-17(29)10-15(26-6-8-30-9-7-26)25-18(27)28(19)11-16-24-13-4-2-3-5-14(13)31-16/h2-5,10H,6-9,11-12H2,1H3/t19-/m0/s1. The topological polar surface area (TPSA) is 76.6 Å². The molecule has 0 spiro atoms. The number of alkyl halides is 3. The van der Waals surface area contributed by atoms with Gasteiger partial charge in [-0.2, -0.15) is 18.2 Å². The van der Waals surface area contributed by atoms with Gasteiger partial charge >= 0.3 is 6.18 Å². The van der Waals surface area contributed by atoms with Gasteiger partial charge in [0.05, 0.1) is 26.3 Å². The summed E-state index contributed by atoms with van der Waals surface area (Å²) in [5.74, 6) is 0.417. The van der Waals surface area contributed by atoms with Gasteiger partial charge in [0.2, 0.25) is 11.8 Å². The Morgan fingerprint density at radius 1 is 1.16 bits per heavy atom. The highest BCUT2D eigenvalue weighted by molar-refractivity contribution is 5.72. The first kappa shape index (κ1) is 19.9. The van der Waals surface area contributed by atoms with Crippen LogP contribution in [-0.4, -0.2) is 52.6 Å². The molecule has 0 amide bonds. The van der Waals surface area contributed by atoms with E-state index < -0.39 is 23.8 Å². The van der Waals surface area contributed by atoms with Crippen LogP contribution in [0.4, 0.5) is 24.9 Å². The molecule has 1 aromatic carbocycles. The molecule has 0 aliphatic carbocycles. The zero-order chi connectivity index (χ0) is 21.8. The highest BCUT2D eigenvalue weighted by Gasteiger charge is 2.60. The van der Waals surface area contributed by atoms with E-state index >= 15 is 0 Å². The van der Waals surface area contributed by atoms with Crippen LogP contribution in [0.5, 0.6) is 0 Å². The minimum atomic E-state index is -4.61. The van der Waals surface area contributed by atoms with Crippen molar-refractivity contribution in [1.29, 1.82) is 0 Å². The SMILES string of the molecule is C[C@@]1(C(F)(F)F)Cn2c(nc(N3CCOCC3)cc2=O)N1Cc1nc2ccccc2o1. The van der Waals surface area contributed by atoms with Gasteiger partial charge in [-0.3, -0.25) is 9.36 Å². The van der Waals surface area contributed by atoms with Crippen molar-refractivity contribution in [1.82, 2.24) is 14.5 Å². The Balaban J connectivity index is 1.60. The second-order valence-electron chi connectivity index (χ2n) is 7.87. The van der Waals surface area contributed by atoms with E-state index in [0.717, 1.165) is 16.4 Å². The van der Waals surface area contributed by atoms with Gasteiger partial charge < -0.3 is 19.0 Å². The van der Waals surface area contributed by atoms with Crippen molar-refractivity contribution < 1.29 is 22.3 Å². The third-order valence-corrected chi connectivity index (χ3v) is 5.86. The number of halogens is 3. The first-order chi connectivity index (χ1) is 14.8. The number of fused-ring (bicyclic) bond motifs is 2. The molecule has 0 unspecified atom stereocenters. The van der Waals surface area contributed by atoms with Crippen molar-refractivity contribution >= 4 is 22.9 Å². The van der Waals surface area contributed by atoms with Crippen LogP contribution in [0.25, 0.3) is 11.1 Å². The smallest absolute Gasteiger partial charge is 0.413 e. The molecule has 3 aromatic rings. The molecule has 4 heterocycles. The number of nitrogens with zero attached hydrogens (tertiary/aromatic N) is 5. The predicted octanol–water partition coefficient (Wildman–Crippen LogP) is 2.56. The molecule has 164 valence electrons. The molecule has 0 radical (unpaired) electrons. The second-order valence-corrected chi connectivity index (χ2v) is 7.87. The summed E-state index contributed by atoms with van der Waals surface area (Å²) in [4.78, 5) is 24.5. The van der Waals surface area contributed by atoms with Crippen molar-refractivity contribution in [3.05, 3.63) is 46.6 Å². The molecule has 5 rings (SSSR count). The quantitative estimate of drug-likeness (QED) is 0.626. The summed E-state index contributed by atoms with van der Waals surface area (Å²) in [5, 5.41) is 0. The van der Waals surface area contributed by atoms with Gasteiger partial charge in [-0.1, -0.05) is 12.1 Å². The molecule has 1 fully saturated rings. The van der Waals surface area contributed by atoms with Gasteiger partial charge in [-0.05, 0) is 19.1 Å². The Kier molecular flexibility index (Phi) is 4.47. The Morgan fingerprint density at radius 2 is 1.90 bits per heavy atom. The van der Waals surface area contributed by atoms with Gasteiger partial charge in [0.1, 0.15) is 11.3 Å². The summed E-state index contributed by atoms with van der Waals surface area (Å²) < 4.78 is 54.6. The van der Waals surface area contributed by atoms with E-state index in [1.54, 1.807) is 24.3 Å². The third kappa shape index (κ3) is 3.23. The number of anilines is 2. The average Bonchev–Trinajstić information content (AvgIpc) is 3.28. The van der Waals surface area contributed by atoms with Crippen LogP contribution < -0.4 is 15.4 Å². The monoisotopic (exact) mass is 435 g/mol. The minimum Gasteiger partial charge on any atom is -0.439 e. The average molecular weight is 435 g/mol. The Labute approximate surface area is 174 Å². The fourth-order valence-electron chi connectivity index (χ4n) is 4.02. The third-order valence-electron chi connectivity index (χ3n) is 5.86. The fourth-order valence-corrected chi connectivity index (χ4v) is 4.02. The van der Waals surface area contributed by atoms with Gasteiger partial charge in [-0.25, -0.2) is 4.98 Å². The lowest BCUT2D eigenvalue weighted by Gasteiger charge is -2.36. The molecular formula is C20H20F3N5O3. The summed E-state index contributed by atoms with van der Waals surface area (Å²) in [6, 6.07) is 8.25. The number of benzene rings is 1. The van der Waals surface area contributed by atoms with Crippen molar-refractivity contribution in [2.24, 2.45) is 0 Å². The second kappa shape index (κ2) is 6.98. The summed E-state index contributed by atoms with van der Waals surface area (Å²) in [6.07, 6.45) is -4.61. The zero-order valence-corrected chi connectivity index (χ0v) is 16.7. The largest absolute Gasteiger partial charge is 0.439 e. The molecular weight excluding hydrogens is 415 g/mol. The zero-order valence-electron chi connectivity index (χ0n) is 16.7. The molecule has 11 heteroatoms. The molecule has 0 N–H and O–H groups in total. The normalized spacial score (nSPS) is 21.7. The van der Waals surface area contributed by atoms with Crippen molar-refractivity contribution in [3.63, 3.8) is 0 Å². The van der Waals surface area contributed by atoms with E-state index in [0.29, 0.717) is 43.2 Å².